The summed E-state index contributed by atoms with van der Waals surface area (Å²) in [5.74, 6) is 0.258. The molecule has 0 aliphatic rings. The van der Waals surface area contributed by atoms with Crippen LogP contribution in [0.25, 0.3) is 0 Å². The van der Waals surface area contributed by atoms with E-state index >= 15 is 0 Å². The SMILES string of the molecule is Cc1noc(C(C)C)c1C(=O)NCCNC(=O)c1ccccc1. The Morgan fingerprint density at radius 1 is 1.09 bits per heavy atom. The second kappa shape index (κ2) is 7.58. The smallest absolute Gasteiger partial charge is 0.256 e. The minimum atomic E-state index is -0.235. The van der Waals surface area contributed by atoms with Gasteiger partial charge in [-0.25, -0.2) is 0 Å². The number of amides is 2. The van der Waals surface area contributed by atoms with E-state index in [1.807, 2.05) is 19.9 Å². The number of rotatable bonds is 6. The molecule has 0 atom stereocenters. The lowest BCUT2D eigenvalue weighted by Crippen LogP contribution is -2.35. The molecule has 1 aromatic carbocycles. The van der Waals surface area contributed by atoms with Crippen LogP contribution in [0.2, 0.25) is 0 Å². The number of nitrogens with one attached hydrogen (secondary N) is 2. The molecule has 2 rings (SSSR count). The first-order valence-electron chi connectivity index (χ1n) is 7.58. The molecule has 0 aliphatic heterocycles. The fraction of sp³-hybridized carbons (Fsp3) is 0.353. The molecule has 0 radical (unpaired) electrons. The summed E-state index contributed by atoms with van der Waals surface area (Å²) in [7, 11) is 0. The molecule has 2 N–H and O–H groups in total. The first-order valence-corrected chi connectivity index (χ1v) is 7.58. The highest BCUT2D eigenvalue weighted by atomic mass is 16.5. The van der Waals surface area contributed by atoms with Crippen molar-refractivity contribution in [1.82, 2.24) is 15.8 Å². The fourth-order valence-electron chi connectivity index (χ4n) is 2.19. The molecule has 0 saturated heterocycles. The van der Waals surface area contributed by atoms with E-state index in [1.165, 1.54) is 0 Å². The van der Waals surface area contributed by atoms with E-state index in [4.69, 9.17) is 4.52 Å². The lowest BCUT2D eigenvalue weighted by Gasteiger charge is -2.08. The van der Waals surface area contributed by atoms with Crippen molar-refractivity contribution in [2.45, 2.75) is 26.7 Å². The van der Waals surface area contributed by atoms with Crippen LogP contribution in [-0.2, 0) is 0 Å². The molecule has 0 aliphatic carbocycles. The lowest BCUT2D eigenvalue weighted by molar-refractivity contribution is 0.0926. The van der Waals surface area contributed by atoms with Crippen LogP contribution in [0, 0.1) is 6.92 Å². The van der Waals surface area contributed by atoms with Crippen LogP contribution >= 0.6 is 0 Å². The molecule has 0 fully saturated rings. The fourth-order valence-corrected chi connectivity index (χ4v) is 2.19. The van der Waals surface area contributed by atoms with Gasteiger partial charge in [-0.05, 0) is 19.1 Å². The first-order chi connectivity index (χ1) is 11.0. The Morgan fingerprint density at radius 2 is 1.70 bits per heavy atom. The van der Waals surface area contributed by atoms with E-state index in [0.717, 1.165) is 0 Å². The van der Waals surface area contributed by atoms with Crippen molar-refractivity contribution in [1.29, 1.82) is 0 Å². The van der Waals surface area contributed by atoms with Crippen molar-refractivity contribution in [3.8, 4) is 0 Å². The van der Waals surface area contributed by atoms with Gasteiger partial charge in [-0.15, -0.1) is 0 Å². The van der Waals surface area contributed by atoms with E-state index in [0.29, 0.717) is 35.7 Å². The molecule has 1 heterocycles. The summed E-state index contributed by atoms with van der Waals surface area (Å²) in [4.78, 5) is 24.1. The molecule has 6 nitrogen and oxygen atoms in total. The van der Waals surface area contributed by atoms with Crippen LogP contribution in [-0.4, -0.2) is 30.1 Å². The van der Waals surface area contributed by atoms with Crippen LogP contribution in [0.1, 0.15) is 51.9 Å². The topological polar surface area (TPSA) is 84.2 Å². The van der Waals surface area contributed by atoms with Gasteiger partial charge in [0.05, 0.1) is 5.69 Å². The van der Waals surface area contributed by atoms with Gasteiger partial charge in [0, 0.05) is 24.6 Å². The Morgan fingerprint density at radius 3 is 2.30 bits per heavy atom. The van der Waals surface area contributed by atoms with E-state index in [9.17, 15) is 9.59 Å². The standard InChI is InChI=1S/C17H21N3O3/c1-11(2)15-14(12(3)20-23-15)17(22)19-10-9-18-16(21)13-7-5-4-6-8-13/h4-8,11H,9-10H2,1-3H3,(H,18,21)(H,19,22). The third kappa shape index (κ3) is 4.18. The van der Waals surface area contributed by atoms with Crippen LogP contribution in [0.15, 0.2) is 34.9 Å². The average Bonchev–Trinajstić information content (AvgIpc) is 2.94. The Balaban J connectivity index is 1.84. The van der Waals surface area contributed by atoms with Gasteiger partial charge in [-0.1, -0.05) is 37.2 Å². The minimum absolute atomic E-state index is 0.0785. The number of hydrogen-bond donors (Lipinski definition) is 2. The number of carbonyl (C=O) groups is 2. The Bertz CT molecular complexity index is 678. The van der Waals surface area contributed by atoms with Crippen LogP contribution < -0.4 is 10.6 Å². The molecule has 0 saturated carbocycles. The number of aromatic nitrogens is 1. The molecule has 1 aromatic heterocycles. The number of hydrogen-bond acceptors (Lipinski definition) is 4. The Hall–Kier alpha value is -2.63. The summed E-state index contributed by atoms with van der Waals surface area (Å²) in [6.45, 7) is 6.30. The van der Waals surface area contributed by atoms with Gasteiger partial charge < -0.3 is 15.2 Å². The van der Waals surface area contributed by atoms with Crippen LogP contribution in [0.4, 0.5) is 0 Å². The maximum absolute atomic E-state index is 12.2. The first kappa shape index (κ1) is 16.7. The molecule has 2 aromatic rings. The Labute approximate surface area is 135 Å². The maximum atomic E-state index is 12.2. The highest BCUT2D eigenvalue weighted by molar-refractivity contribution is 5.96. The maximum Gasteiger partial charge on any atom is 0.256 e. The summed E-state index contributed by atoms with van der Waals surface area (Å²) in [6, 6.07) is 8.94. The predicted octanol–water partition coefficient (Wildman–Crippen LogP) is 2.27. The quantitative estimate of drug-likeness (QED) is 0.801. The van der Waals surface area contributed by atoms with E-state index in [2.05, 4.69) is 15.8 Å². The number of aryl methyl sites for hydroxylation is 1. The summed E-state index contributed by atoms with van der Waals surface area (Å²) in [6.07, 6.45) is 0. The monoisotopic (exact) mass is 315 g/mol. The zero-order chi connectivity index (χ0) is 16.8. The zero-order valence-electron chi connectivity index (χ0n) is 13.6. The van der Waals surface area contributed by atoms with Crippen molar-refractivity contribution < 1.29 is 14.1 Å². The van der Waals surface area contributed by atoms with Crippen molar-refractivity contribution in [3.05, 3.63) is 52.9 Å². The molecule has 23 heavy (non-hydrogen) atoms. The van der Waals surface area contributed by atoms with Gasteiger partial charge in [-0.3, -0.25) is 9.59 Å². The third-order valence-corrected chi connectivity index (χ3v) is 3.37. The summed E-state index contributed by atoms with van der Waals surface area (Å²) in [5, 5.41) is 9.38. The van der Waals surface area contributed by atoms with Gasteiger partial charge in [-0.2, -0.15) is 0 Å². The van der Waals surface area contributed by atoms with Gasteiger partial charge in [0.15, 0.2) is 5.76 Å². The molecule has 2 amide bonds. The highest BCUT2D eigenvalue weighted by Gasteiger charge is 2.22. The van der Waals surface area contributed by atoms with E-state index in [1.54, 1.807) is 31.2 Å². The number of carbonyl (C=O) groups excluding carboxylic acids is 2. The van der Waals surface area contributed by atoms with Gasteiger partial charge >= 0.3 is 0 Å². The van der Waals surface area contributed by atoms with E-state index < -0.39 is 0 Å². The summed E-state index contributed by atoms with van der Waals surface area (Å²) >= 11 is 0. The predicted molar refractivity (Wildman–Crippen MR) is 86.4 cm³/mol. The lowest BCUT2D eigenvalue weighted by atomic mass is 10.0. The minimum Gasteiger partial charge on any atom is -0.360 e. The highest BCUT2D eigenvalue weighted by Crippen LogP contribution is 2.21. The molecule has 6 heteroatoms. The molecule has 122 valence electrons. The zero-order valence-corrected chi connectivity index (χ0v) is 13.6. The van der Waals surface area contributed by atoms with Gasteiger partial charge in [0.1, 0.15) is 5.56 Å². The van der Waals surface area contributed by atoms with Crippen molar-refractivity contribution in [2.24, 2.45) is 0 Å². The van der Waals surface area contributed by atoms with Gasteiger partial charge in [0.2, 0.25) is 0 Å². The van der Waals surface area contributed by atoms with E-state index in [-0.39, 0.29) is 17.7 Å². The third-order valence-electron chi connectivity index (χ3n) is 3.37. The summed E-state index contributed by atoms with van der Waals surface area (Å²) in [5.41, 5.74) is 1.64. The molecular formula is C17H21N3O3. The van der Waals surface area contributed by atoms with Gasteiger partial charge in [0.25, 0.3) is 11.8 Å². The Kier molecular flexibility index (Phi) is 5.51. The molecule has 0 bridgehead atoms. The molecule has 0 unspecified atom stereocenters. The largest absolute Gasteiger partial charge is 0.360 e. The van der Waals surface area contributed by atoms with Crippen LogP contribution in [0.5, 0.6) is 0 Å². The van der Waals surface area contributed by atoms with Crippen molar-refractivity contribution in [2.75, 3.05) is 13.1 Å². The van der Waals surface area contributed by atoms with Crippen molar-refractivity contribution >= 4 is 11.8 Å². The summed E-state index contributed by atoms with van der Waals surface area (Å²) < 4.78 is 5.20. The molecule has 0 spiro atoms. The second-order valence-corrected chi connectivity index (χ2v) is 5.54. The van der Waals surface area contributed by atoms with Crippen molar-refractivity contribution in [3.63, 3.8) is 0 Å². The second-order valence-electron chi connectivity index (χ2n) is 5.54. The number of nitrogens with zero attached hydrogens (tertiary/aromatic N) is 1. The normalized spacial score (nSPS) is 10.6. The van der Waals surface area contributed by atoms with Crippen LogP contribution in [0.3, 0.4) is 0 Å². The number of benzene rings is 1. The molecular weight excluding hydrogens is 294 g/mol. The average molecular weight is 315 g/mol.